The Morgan fingerprint density at radius 2 is 2.19 bits per heavy atom. The van der Waals surface area contributed by atoms with E-state index < -0.39 is 0 Å². The number of hydrogen-bond acceptors (Lipinski definition) is 4. The van der Waals surface area contributed by atoms with Gasteiger partial charge in [-0.15, -0.1) is 0 Å². The Morgan fingerprint density at radius 1 is 1.38 bits per heavy atom. The Bertz CT molecular complexity index is 734. The van der Waals surface area contributed by atoms with Crippen molar-refractivity contribution in [1.82, 2.24) is 0 Å². The van der Waals surface area contributed by atoms with Crippen LogP contribution in [-0.2, 0) is 0 Å². The zero-order chi connectivity index (χ0) is 15.0. The third-order valence-electron chi connectivity index (χ3n) is 3.56. The van der Waals surface area contributed by atoms with Crippen molar-refractivity contribution in [2.75, 3.05) is 11.4 Å². The number of hydrogen-bond donors (Lipinski definition) is 2. The Hall–Kier alpha value is -1.98. The number of benzene rings is 1. The predicted molar refractivity (Wildman–Crippen MR) is 90.6 cm³/mol. The van der Waals surface area contributed by atoms with Gasteiger partial charge in [0.25, 0.3) is 0 Å². The van der Waals surface area contributed by atoms with Crippen LogP contribution in [0.3, 0.4) is 0 Å². The van der Waals surface area contributed by atoms with Crippen molar-refractivity contribution >= 4 is 40.0 Å². The Balaban J connectivity index is 2.23. The summed E-state index contributed by atoms with van der Waals surface area (Å²) < 4.78 is 0. The summed E-state index contributed by atoms with van der Waals surface area (Å²) in [6, 6.07) is 7.85. The summed E-state index contributed by atoms with van der Waals surface area (Å²) in [5.74, 6) is 6.14. The van der Waals surface area contributed by atoms with Gasteiger partial charge >= 0.3 is 0 Å². The standard InChI is InChI=1S/C15H15ClN4S/c1-9(19-18)20-7-13(17)15(10-4-5-21-8-10)12-6-11(16)2-3-14(12)20/h2-6,8H,7,17-18H2,1H3/b19-9-. The van der Waals surface area contributed by atoms with Crippen LogP contribution in [0.25, 0.3) is 5.57 Å². The predicted octanol–water partition coefficient (Wildman–Crippen LogP) is 3.23. The van der Waals surface area contributed by atoms with E-state index in [2.05, 4.69) is 16.5 Å². The molecule has 1 aliphatic rings. The molecule has 4 N–H and O–H groups in total. The van der Waals surface area contributed by atoms with Gasteiger partial charge in [-0.05, 0) is 47.5 Å². The maximum absolute atomic E-state index is 6.32. The molecular weight excluding hydrogens is 304 g/mol. The highest BCUT2D eigenvalue weighted by molar-refractivity contribution is 7.08. The SMILES string of the molecule is C/C(=N/N)N1CC(N)=C(c2ccsc2)c2cc(Cl)ccc21. The number of fused-ring (bicyclic) bond motifs is 1. The van der Waals surface area contributed by atoms with E-state index in [1.165, 1.54) is 0 Å². The highest BCUT2D eigenvalue weighted by Crippen LogP contribution is 2.39. The second-order valence-corrected chi connectivity index (χ2v) is 6.05. The molecule has 21 heavy (non-hydrogen) atoms. The first-order valence-electron chi connectivity index (χ1n) is 6.45. The summed E-state index contributed by atoms with van der Waals surface area (Å²) in [4.78, 5) is 2.00. The lowest BCUT2D eigenvalue weighted by atomic mass is 9.92. The molecule has 0 amide bonds. The molecule has 0 atom stereocenters. The smallest absolute Gasteiger partial charge is 0.126 e. The Kier molecular flexibility index (Phi) is 3.61. The number of nitrogens with two attached hydrogens (primary N) is 2. The molecule has 0 radical (unpaired) electrons. The first-order chi connectivity index (χ1) is 10.1. The molecule has 6 heteroatoms. The molecule has 0 saturated heterocycles. The largest absolute Gasteiger partial charge is 0.400 e. The molecule has 2 heterocycles. The third-order valence-corrected chi connectivity index (χ3v) is 4.47. The van der Waals surface area contributed by atoms with Crippen LogP contribution in [0.4, 0.5) is 5.69 Å². The van der Waals surface area contributed by atoms with Crippen LogP contribution >= 0.6 is 22.9 Å². The summed E-state index contributed by atoms with van der Waals surface area (Å²) in [5.41, 5.74) is 11.3. The van der Waals surface area contributed by atoms with Gasteiger partial charge in [-0.2, -0.15) is 16.4 Å². The van der Waals surface area contributed by atoms with E-state index in [0.29, 0.717) is 17.4 Å². The number of nitrogens with zero attached hydrogens (tertiary/aromatic N) is 2. The van der Waals surface area contributed by atoms with Crippen LogP contribution in [-0.4, -0.2) is 12.4 Å². The lowest BCUT2D eigenvalue weighted by molar-refractivity contribution is 1.01. The van der Waals surface area contributed by atoms with Gasteiger partial charge in [-0.25, -0.2) is 0 Å². The zero-order valence-corrected chi connectivity index (χ0v) is 13.1. The van der Waals surface area contributed by atoms with Crippen LogP contribution < -0.4 is 16.5 Å². The van der Waals surface area contributed by atoms with Crippen molar-refractivity contribution < 1.29 is 0 Å². The fraction of sp³-hybridized carbons (Fsp3) is 0.133. The van der Waals surface area contributed by atoms with Gasteiger partial charge in [0.2, 0.25) is 0 Å². The highest BCUT2D eigenvalue weighted by Gasteiger charge is 2.26. The van der Waals surface area contributed by atoms with Gasteiger partial charge in [0.15, 0.2) is 0 Å². The van der Waals surface area contributed by atoms with Crippen molar-refractivity contribution in [2.24, 2.45) is 16.7 Å². The zero-order valence-electron chi connectivity index (χ0n) is 11.5. The molecular formula is C15H15ClN4S. The lowest BCUT2D eigenvalue weighted by Gasteiger charge is -2.32. The molecule has 3 rings (SSSR count). The molecule has 0 unspecified atom stereocenters. The van der Waals surface area contributed by atoms with Crippen molar-refractivity contribution in [2.45, 2.75) is 6.92 Å². The van der Waals surface area contributed by atoms with Crippen molar-refractivity contribution in [3.63, 3.8) is 0 Å². The number of anilines is 1. The topological polar surface area (TPSA) is 67.6 Å². The minimum Gasteiger partial charge on any atom is -0.400 e. The van der Waals surface area contributed by atoms with Crippen molar-refractivity contribution in [1.29, 1.82) is 0 Å². The lowest BCUT2D eigenvalue weighted by Crippen LogP contribution is -2.37. The monoisotopic (exact) mass is 318 g/mol. The summed E-state index contributed by atoms with van der Waals surface area (Å²) >= 11 is 7.82. The molecule has 108 valence electrons. The Morgan fingerprint density at radius 3 is 2.86 bits per heavy atom. The fourth-order valence-corrected chi connectivity index (χ4v) is 3.38. The summed E-state index contributed by atoms with van der Waals surface area (Å²) in [7, 11) is 0. The normalized spacial score (nSPS) is 15.3. The quantitative estimate of drug-likeness (QED) is 0.367. The third kappa shape index (κ3) is 2.39. The minimum absolute atomic E-state index is 0.562. The molecule has 2 aromatic rings. The first kappa shape index (κ1) is 14.0. The van der Waals surface area contributed by atoms with E-state index >= 15 is 0 Å². The van der Waals surface area contributed by atoms with Crippen molar-refractivity contribution in [3.05, 3.63) is 56.9 Å². The van der Waals surface area contributed by atoms with E-state index in [1.54, 1.807) is 11.3 Å². The van der Waals surface area contributed by atoms with E-state index in [0.717, 1.165) is 28.1 Å². The number of rotatable bonds is 1. The summed E-state index contributed by atoms with van der Waals surface area (Å²) in [5, 5.41) is 8.60. The van der Waals surface area contributed by atoms with Crippen LogP contribution in [0.15, 0.2) is 45.8 Å². The number of halogens is 1. The molecule has 0 spiro atoms. The molecule has 4 nitrogen and oxygen atoms in total. The van der Waals surface area contributed by atoms with Crippen LogP contribution in [0.2, 0.25) is 5.02 Å². The second kappa shape index (κ2) is 5.42. The number of hydrazone groups is 1. The molecule has 0 saturated carbocycles. The highest BCUT2D eigenvalue weighted by atomic mass is 35.5. The first-order valence-corrected chi connectivity index (χ1v) is 7.77. The number of amidine groups is 1. The maximum atomic E-state index is 6.32. The Labute approximate surface area is 132 Å². The van der Waals surface area contributed by atoms with E-state index in [1.807, 2.05) is 35.4 Å². The van der Waals surface area contributed by atoms with Crippen LogP contribution in [0.1, 0.15) is 18.1 Å². The van der Waals surface area contributed by atoms with Gasteiger partial charge in [-0.1, -0.05) is 11.6 Å². The van der Waals surface area contributed by atoms with E-state index in [9.17, 15) is 0 Å². The molecule has 1 aromatic heterocycles. The summed E-state index contributed by atoms with van der Waals surface area (Å²) in [6.45, 7) is 2.42. The van der Waals surface area contributed by atoms with Gasteiger partial charge < -0.3 is 16.5 Å². The van der Waals surface area contributed by atoms with E-state index in [-0.39, 0.29) is 0 Å². The molecule has 0 fully saturated rings. The maximum Gasteiger partial charge on any atom is 0.126 e. The minimum atomic E-state index is 0.562. The molecule has 0 bridgehead atoms. The van der Waals surface area contributed by atoms with Crippen LogP contribution in [0, 0.1) is 0 Å². The average molecular weight is 319 g/mol. The van der Waals surface area contributed by atoms with Crippen LogP contribution in [0.5, 0.6) is 0 Å². The summed E-state index contributed by atoms with van der Waals surface area (Å²) in [6.07, 6.45) is 0. The second-order valence-electron chi connectivity index (χ2n) is 4.84. The van der Waals surface area contributed by atoms with Gasteiger partial charge in [0, 0.05) is 21.9 Å². The molecule has 0 aliphatic carbocycles. The molecule has 1 aromatic carbocycles. The van der Waals surface area contributed by atoms with Gasteiger partial charge in [0.05, 0.1) is 12.2 Å². The fourth-order valence-electron chi connectivity index (χ4n) is 2.56. The van der Waals surface area contributed by atoms with Crippen molar-refractivity contribution in [3.8, 4) is 0 Å². The van der Waals surface area contributed by atoms with E-state index in [4.69, 9.17) is 23.2 Å². The van der Waals surface area contributed by atoms with Gasteiger partial charge in [0.1, 0.15) is 5.84 Å². The number of thiophene rings is 1. The van der Waals surface area contributed by atoms with Gasteiger partial charge in [-0.3, -0.25) is 0 Å². The molecule has 1 aliphatic heterocycles. The average Bonchev–Trinajstić information content (AvgIpc) is 2.99.